The van der Waals surface area contributed by atoms with Crippen LogP contribution in [0.3, 0.4) is 0 Å². The van der Waals surface area contributed by atoms with Crippen LogP contribution < -0.4 is 14.8 Å². The van der Waals surface area contributed by atoms with Crippen LogP contribution in [0.25, 0.3) is 0 Å². The van der Waals surface area contributed by atoms with Gasteiger partial charge in [-0.05, 0) is 17.7 Å². The number of anilines is 1. The number of carbonyl (C=O) groups excluding carboxylic acids is 1. The highest BCUT2D eigenvalue weighted by Gasteiger charge is 2.14. The van der Waals surface area contributed by atoms with Crippen molar-refractivity contribution in [1.82, 2.24) is 15.0 Å². The van der Waals surface area contributed by atoms with E-state index in [1.807, 2.05) is 30.3 Å². The lowest BCUT2D eigenvalue weighted by molar-refractivity contribution is 0.00708. The van der Waals surface area contributed by atoms with E-state index in [0.717, 1.165) is 5.56 Å². The van der Waals surface area contributed by atoms with E-state index in [0.29, 0.717) is 76.6 Å². The van der Waals surface area contributed by atoms with Gasteiger partial charge in [0.2, 0.25) is 0 Å². The van der Waals surface area contributed by atoms with Gasteiger partial charge in [-0.15, -0.1) is 5.10 Å². The fourth-order valence-electron chi connectivity index (χ4n) is 3.23. The Hall–Kier alpha value is -3.47. The Labute approximate surface area is 197 Å². The molecule has 0 saturated heterocycles. The SMILES string of the molecule is O=C(Nc1ccc2c(c1)OCCOCCOCCOCCO2)c1cn(Cc2ccccc2)nn1. The van der Waals surface area contributed by atoms with Crippen LogP contribution in [0.4, 0.5) is 5.69 Å². The lowest BCUT2D eigenvalue weighted by Gasteiger charge is -2.14. The number of benzene rings is 2. The number of hydrogen-bond acceptors (Lipinski definition) is 8. The van der Waals surface area contributed by atoms with Crippen molar-refractivity contribution >= 4 is 11.6 Å². The van der Waals surface area contributed by atoms with Crippen LogP contribution in [0.15, 0.2) is 54.7 Å². The average Bonchev–Trinajstić information content (AvgIpc) is 3.31. The highest BCUT2D eigenvalue weighted by atomic mass is 16.6. The Morgan fingerprint density at radius 1 is 0.824 bits per heavy atom. The van der Waals surface area contributed by atoms with Crippen molar-refractivity contribution in [2.24, 2.45) is 0 Å². The highest BCUT2D eigenvalue weighted by molar-refractivity contribution is 6.02. The molecule has 0 aliphatic carbocycles. The van der Waals surface area contributed by atoms with Gasteiger partial charge >= 0.3 is 0 Å². The quantitative estimate of drug-likeness (QED) is 0.622. The molecule has 3 aromatic rings. The molecule has 0 bridgehead atoms. The number of ether oxygens (including phenoxy) is 5. The lowest BCUT2D eigenvalue weighted by atomic mass is 10.2. The molecule has 1 amide bonds. The fourth-order valence-corrected chi connectivity index (χ4v) is 3.23. The molecule has 34 heavy (non-hydrogen) atoms. The van der Waals surface area contributed by atoms with Crippen molar-refractivity contribution in [2.75, 3.05) is 58.2 Å². The van der Waals surface area contributed by atoms with E-state index in [2.05, 4.69) is 15.6 Å². The molecule has 1 aliphatic rings. The van der Waals surface area contributed by atoms with Crippen LogP contribution in [-0.4, -0.2) is 73.8 Å². The van der Waals surface area contributed by atoms with Gasteiger partial charge in [-0.25, -0.2) is 4.68 Å². The Bertz CT molecular complexity index is 1040. The zero-order chi connectivity index (χ0) is 23.4. The number of aromatic nitrogens is 3. The lowest BCUT2D eigenvalue weighted by Crippen LogP contribution is -2.14. The van der Waals surface area contributed by atoms with Gasteiger partial charge in [0.05, 0.1) is 52.4 Å². The molecule has 1 N–H and O–H groups in total. The molecule has 10 nitrogen and oxygen atoms in total. The van der Waals surface area contributed by atoms with Crippen LogP contribution in [0.2, 0.25) is 0 Å². The Balaban J connectivity index is 1.39. The first kappa shape index (κ1) is 23.7. The first-order valence-corrected chi connectivity index (χ1v) is 11.2. The molecule has 10 heteroatoms. The molecule has 1 aromatic heterocycles. The summed E-state index contributed by atoms with van der Waals surface area (Å²) in [5.74, 6) is 0.691. The Morgan fingerprint density at radius 3 is 2.18 bits per heavy atom. The van der Waals surface area contributed by atoms with Crippen molar-refractivity contribution in [3.63, 3.8) is 0 Å². The molecular weight excluding hydrogens is 440 g/mol. The van der Waals surface area contributed by atoms with Crippen LogP contribution in [0.5, 0.6) is 11.5 Å². The minimum Gasteiger partial charge on any atom is -0.487 e. The minimum atomic E-state index is -0.367. The third-order valence-corrected chi connectivity index (χ3v) is 4.87. The van der Waals surface area contributed by atoms with Crippen molar-refractivity contribution in [1.29, 1.82) is 0 Å². The molecule has 0 atom stereocenters. The monoisotopic (exact) mass is 468 g/mol. The summed E-state index contributed by atoms with van der Waals surface area (Å²) < 4.78 is 29.7. The molecule has 2 heterocycles. The zero-order valence-corrected chi connectivity index (χ0v) is 18.9. The average molecular weight is 469 g/mol. The normalized spacial score (nSPS) is 15.6. The van der Waals surface area contributed by atoms with Gasteiger partial charge in [-0.1, -0.05) is 35.5 Å². The van der Waals surface area contributed by atoms with Gasteiger partial charge < -0.3 is 29.0 Å². The van der Waals surface area contributed by atoms with Gasteiger partial charge in [-0.3, -0.25) is 4.79 Å². The smallest absolute Gasteiger partial charge is 0.277 e. The predicted molar refractivity (Wildman–Crippen MR) is 123 cm³/mol. The number of amides is 1. The van der Waals surface area contributed by atoms with Crippen LogP contribution in [0.1, 0.15) is 16.1 Å². The molecule has 0 fully saturated rings. The Kier molecular flexibility index (Phi) is 8.83. The maximum atomic E-state index is 12.7. The zero-order valence-electron chi connectivity index (χ0n) is 18.9. The van der Waals surface area contributed by atoms with Crippen LogP contribution in [0, 0.1) is 0 Å². The topological polar surface area (TPSA) is 106 Å². The van der Waals surface area contributed by atoms with Gasteiger partial charge in [0, 0.05) is 11.8 Å². The third-order valence-electron chi connectivity index (χ3n) is 4.87. The summed E-state index contributed by atoms with van der Waals surface area (Å²) in [6, 6.07) is 15.0. The summed E-state index contributed by atoms with van der Waals surface area (Å²) in [5, 5.41) is 10.9. The molecule has 180 valence electrons. The summed E-state index contributed by atoms with van der Waals surface area (Å²) in [7, 11) is 0. The van der Waals surface area contributed by atoms with E-state index in [4.69, 9.17) is 23.7 Å². The van der Waals surface area contributed by atoms with Crippen LogP contribution in [-0.2, 0) is 20.8 Å². The molecule has 2 aromatic carbocycles. The van der Waals surface area contributed by atoms with Crippen LogP contribution >= 0.6 is 0 Å². The second-order valence-electron chi connectivity index (χ2n) is 7.44. The number of carbonyl (C=O) groups is 1. The van der Waals surface area contributed by atoms with E-state index >= 15 is 0 Å². The van der Waals surface area contributed by atoms with Crippen molar-refractivity contribution in [3.8, 4) is 11.5 Å². The summed E-state index contributed by atoms with van der Waals surface area (Å²) in [6.07, 6.45) is 1.62. The molecule has 0 saturated carbocycles. The second kappa shape index (κ2) is 12.7. The molecule has 0 unspecified atom stereocenters. The van der Waals surface area contributed by atoms with E-state index in [9.17, 15) is 4.79 Å². The van der Waals surface area contributed by atoms with Crippen molar-refractivity contribution in [2.45, 2.75) is 6.54 Å². The first-order chi connectivity index (χ1) is 16.8. The molecule has 4 rings (SSSR count). The minimum absolute atomic E-state index is 0.219. The second-order valence-corrected chi connectivity index (χ2v) is 7.44. The first-order valence-electron chi connectivity index (χ1n) is 11.2. The molecule has 1 aliphatic heterocycles. The molecule has 0 spiro atoms. The number of nitrogens with zero attached hydrogens (tertiary/aromatic N) is 3. The van der Waals surface area contributed by atoms with Crippen molar-refractivity contribution < 1.29 is 28.5 Å². The summed E-state index contributed by atoms with van der Waals surface area (Å²) in [6.45, 7) is 4.05. The van der Waals surface area contributed by atoms with E-state index in [-0.39, 0.29) is 11.6 Å². The predicted octanol–water partition coefficient (Wildman–Crippen LogP) is 2.40. The van der Waals surface area contributed by atoms with Gasteiger partial charge in [-0.2, -0.15) is 0 Å². The summed E-state index contributed by atoms with van der Waals surface area (Å²) in [5.41, 5.74) is 1.84. The van der Waals surface area contributed by atoms with E-state index < -0.39 is 0 Å². The number of fused-ring (bicyclic) bond motifs is 1. The number of rotatable bonds is 4. The van der Waals surface area contributed by atoms with Gasteiger partial charge in [0.25, 0.3) is 5.91 Å². The van der Waals surface area contributed by atoms with E-state index in [1.54, 1.807) is 29.1 Å². The van der Waals surface area contributed by atoms with Gasteiger partial charge in [0.1, 0.15) is 13.2 Å². The standard InChI is InChI=1S/C24H28N4O6/c29-24(21-18-28(27-26-21)17-19-4-2-1-3-5-19)25-20-6-7-22-23(16-20)34-15-13-32-11-9-30-8-10-31-12-14-33-22/h1-7,16,18H,8-15,17H2,(H,25,29). The third kappa shape index (κ3) is 7.27. The largest absolute Gasteiger partial charge is 0.487 e. The number of nitrogens with one attached hydrogen (secondary N) is 1. The molecule has 0 radical (unpaired) electrons. The molecular formula is C24H28N4O6. The number of hydrogen-bond donors (Lipinski definition) is 1. The fraction of sp³-hybridized carbons (Fsp3) is 0.375. The summed E-state index contributed by atoms with van der Waals surface area (Å²) >= 11 is 0. The Morgan fingerprint density at radius 2 is 1.47 bits per heavy atom. The highest BCUT2D eigenvalue weighted by Crippen LogP contribution is 2.31. The van der Waals surface area contributed by atoms with Gasteiger partial charge in [0.15, 0.2) is 17.2 Å². The summed E-state index contributed by atoms with van der Waals surface area (Å²) in [4.78, 5) is 12.7. The van der Waals surface area contributed by atoms with E-state index in [1.165, 1.54) is 0 Å². The van der Waals surface area contributed by atoms with Crippen molar-refractivity contribution in [3.05, 3.63) is 66.0 Å². The maximum Gasteiger partial charge on any atom is 0.277 e. The maximum absolute atomic E-state index is 12.7.